The maximum absolute atomic E-state index is 12.4. The molecular formula is C15H19N3O2. The highest BCUT2D eigenvalue weighted by Gasteiger charge is 2.46. The van der Waals surface area contributed by atoms with Crippen molar-refractivity contribution >= 4 is 11.8 Å². The van der Waals surface area contributed by atoms with Gasteiger partial charge in [0, 0.05) is 6.42 Å². The minimum absolute atomic E-state index is 0.0421. The average molecular weight is 273 g/mol. The van der Waals surface area contributed by atoms with E-state index in [4.69, 9.17) is 0 Å². The molecular weight excluding hydrogens is 254 g/mol. The summed E-state index contributed by atoms with van der Waals surface area (Å²) in [6, 6.07) is 9.28. The van der Waals surface area contributed by atoms with Crippen LogP contribution in [0.2, 0.25) is 0 Å². The van der Waals surface area contributed by atoms with Crippen LogP contribution >= 0.6 is 0 Å². The third-order valence-corrected chi connectivity index (χ3v) is 4.16. The number of hydrogen-bond acceptors (Lipinski definition) is 3. The zero-order valence-electron chi connectivity index (χ0n) is 11.3. The van der Waals surface area contributed by atoms with E-state index in [1.54, 1.807) is 0 Å². The molecule has 2 saturated heterocycles. The summed E-state index contributed by atoms with van der Waals surface area (Å²) in [5.41, 5.74) is 0.351. The van der Waals surface area contributed by atoms with Crippen molar-refractivity contribution in [1.82, 2.24) is 16.0 Å². The quantitative estimate of drug-likeness (QED) is 0.708. The van der Waals surface area contributed by atoms with Gasteiger partial charge >= 0.3 is 0 Å². The lowest BCUT2D eigenvalue weighted by molar-refractivity contribution is -0.142. The lowest BCUT2D eigenvalue weighted by atomic mass is 9.84. The van der Waals surface area contributed by atoms with Crippen LogP contribution < -0.4 is 16.0 Å². The second-order valence-electron chi connectivity index (χ2n) is 5.54. The molecule has 5 heteroatoms. The lowest BCUT2D eigenvalue weighted by Crippen LogP contribution is -2.71. The largest absolute Gasteiger partial charge is 0.342 e. The molecule has 20 heavy (non-hydrogen) atoms. The van der Waals surface area contributed by atoms with E-state index < -0.39 is 11.6 Å². The summed E-state index contributed by atoms with van der Waals surface area (Å²) in [6.07, 6.45) is 1.85. The number of rotatable bonds is 2. The van der Waals surface area contributed by atoms with Crippen molar-refractivity contribution in [2.45, 2.75) is 30.8 Å². The van der Waals surface area contributed by atoms with Gasteiger partial charge in [-0.3, -0.25) is 9.59 Å². The van der Waals surface area contributed by atoms with E-state index in [2.05, 4.69) is 16.0 Å². The summed E-state index contributed by atoms with van der Waals surface area (Å²) < 4.78 is 0. The van der Waals surface area contributed by atoms with Crippen LogP contribution in [-0.4, -0.2) is 36.5 Å². The third-order valence-electron chi connectivity index (χ3n) is 4.16. The zero-order valence-corrected chi connectivity index (χ0v) is 11.3. The van der Waals surface area contributed by atoms with Crippen LogP contribution in [0, 0.1) is 0 Å². The number of benzene rings is 1. The molecule has 0 radical (unpaired) electrons. The normalized spacial score (nSPS) is 25.1. The van der Waals surface area contributed by atoms with Gasteiger partial charge in [-0.15, -0.1) is 0 Å². The Kier molecular flexibility index (Phi) is 3.44. The molecule has 5 nitrogen and oxygen atoms in total. The van der Waals surface area contributed by atoms with E-state index in [9.17, 15) is 9.59 Å². The van der Waals surface area contributed by atoms with Crippen LogP contribution in [0.1, 0.15) is 18.4 Å². The maximum Gasteiger partial charge on any atom is 0.246 e. The average Bonchev–Trinajstić information content (AvgIpc) is 2.47. The molecule has 0 bridgehead atoms. The first-order valence-electron chi connectivity index (χ1n) is 7.07. The molecule has 2 amide bonds. The summed E-state index contributed by atoms with van der Waals surface area (Å²) in [7, 11) is 0. The Hall–Kier alpha value is -1.88. The molecule has 1 aromatic rings. The SMILES string of the molecule is O=C1NC2(CCNCC2)C(=O)NC1Cc1ccccc1. The number of piperazine rings is 1. The van der Waals surface area contributed by atoms with Crippen LogP contribution in [0.4, 0.5) is 0 Å². The standard InChI is InChI=1S/C15H19N3O2/c19-13-12(10-11-4-2-1-3-5-11)17-14(20)15(18-13)6-8-16-9-7-15/h1-5,12,16H,6-10H2,(H,17,20)(H,18,19). The van der Waals surface area contributed by atoms with Gasteiger partial charge in [0.1, 0.15) is 11.6 Å². The molecule has 2 aliphatic rings. The number of piperidine rings is 1. The van der Waals surface area contributed by atoms with Crippen molar-refractivity contribution in [3.63, 3.8) is 0 Å². The van der Waals surface area contributed by atoms with Crippen molar-refractivity contribution < 1.29 is 9.59 Å². The van der Waals surface area contributed by atoms with Gasteiger partial charge in [-0.2, -0.15) is 0 Å². The molecule has 1 atom stereocenters. The zero-order chi connectivity index (χ0) is 14.0. The Morgan fingerprint density at radius 3 is 2.50 bits per heavy atom. The van der Waals surface area contributed by atoms with Crippen LogP contribution in [0.3, 0.4) is 0 Å². The van der Waals surface area contributed by atoms with Crippen molar-refractivity contribution in [1.29, 1.82) is 0 Å². The predicted octanol–water partition coefficient (Wildman–Crippen LogP) is -0.0341. The second-order valence-corrected chi connectivity index (χ2v) is 5.54. The maximum atomic E-state index is 12.4. The fraction of sp³-hybridized carbons (Fsp3) is 0.467. The van der Waals surface area contributed by atoms with E-state index in [-0.39, 0.29) is 11.8 Å². The summed E-state index contributed by atoms with van der Waals surface area (Å²) >= 11 is 0. The van der Waals surface area contributed by atoms with Crippen LogP contribution in [0.25, 0.3) is 0 Å². The van der Waals surface area contributed by atoms with E-state index >= 15 is 0 Å². The first-order chi connectivity index (χ1) is 9.70. The van der Waals surface area contributed by atoms with E-state index in [1.165, 1.54) is 0 Å². The van der Waals surface area contributed by atoms with Crippen molar-refractivity contribution in [3.05, 3.63) is 35.9 Å². The van der Waals surface area contributed by atoms with Crippen molar-refractivity contribution in [2.24, 2.45) is 0 Å². The Morgan fingerprint density at radius 2 is 1.80 bits per heavy atom. The minimum atomic E-state index is -0.699. The monoisotopic (exact) mass is 273 g/mol. The number of nitrogens with one attached hydrogen (secondary N) is 3. The summed E-state index contributed by atoms with van der Waals surface area (Å²) in [4.78, 5) is 24.6. The molecule has 2 aliphatic heterocycles. The van der Waals surface area contributed by atoms with Crippen molar-refractivity contribution in [3.8, 4) is 0 Å². The molecule has 3 rings (SSSR count). The number of hydrogen-bond donors (Lipinski definition) is 3. The molecule has 2 fully saturated rings. The highest BCUT2D eigenvalue weighted by molar-refractivity contribution is 6.00. The van der Waals surface area contributed by atoms with Gasteiger partial charge in [0.05, 0.1) is 0 Å². The molecule has 0 saturated carbocycles. The molecule has 1 spiro atoms. The van der Waals surface area contributed by atoms with Gasteiger partial charge in [-0.25, -0.2) is 0 Å². The Labute approximate surface area is 118 Å². The summed E-state index contributed by atoms with van der Waals surface area (Å²) in [6.45, 7) is 1.52. The lowest BCUT2D eigenvalue weighted by Gasteiger charge is -2.42. The number of amides is 2. The van der Waals surface area contributed by atoms with E-state index in [0.29, 0.717) is 19.3 Å². The van der Waals surface area contributed by atoms with Crippen LogP contribution in [0.15, 0.2) is 30.3 Å². The Bertz CT molecular complexity index is 509. The molecule has 106 valence electrons. The molecule has 1 unspecified atom stereocenters. The van der Waals surface area contributed by atoms with Gasteiger partial charge in [-0.1, -0.05) is 30.3 Å². The third kappa shape index (κ3) is 2.41. The van der Waals surface area contributed by atoms with Gasteiger partial charge in [0.15, 0.2) is 0 Å². The molecule has 2 heterocycles. The first-order valence-corrected chi connectivity index (χ1v) is 7.07. The van der Waals surface area contributed by atoms with Gasteiger partial charge < -0.3 is 16.0 Å². The van der Waals surface area contributed by atoms with Crippen LogP contribution in [-0.2, 0) is 16.0 Å². The van der Waals surface area contributed by atoms with E-state index in [0.717, 1.165) is 18.7 Å². The van der Waals surface area contributed by atoms with Gasteiger partial charge in [-0.05, 0) is 31.5 Å². The minimum Gasteiger partial charge on any atom is -0.342 e. The molecule has 1 aromatic carbocycles. The second kappa shape index (κ2) is 5.25. The Balaban J connectivity index is 1.71. The van der Waals surface area contributed by atoms with Crippen molar-refractivity contribution in [2.75, 3.05) is 13.1 Å². The topological polar surface area (TPSA) is 70.2 Å². The highest BCUT2D eigenvalue weighted by Crippen LogP contribution is 2.22. The van der Waals surface area contributed by atoms with E-state index in [1.807, 2.05) is 30.3 Å². The summed E-state index contributed by atoms with van der Waals surface area (Å²) in [5, 5.41) is 9.07. The molecule has 0 aromatic heterocycles. The Morgan fingerprint density at radius 1 is 1.10 bits per heavy atom. The fourth-order valence-corrected chi connectivity index (χ4v) is 2.94. The molecule has 0 aliphatic carbocycles. The van der Waals surface area contributed by atoms with Gasteiger partial charge in [0.2, 0.25) is 11.8 Å². The fourth-order valence-electron chi connectivity index (χ4n) is 2.94. The predicted molar refractivity (Wildman–Crippen MR) is 75.1 cm³/mol. The number of carbonyl (C=O) groups is 2. The first kappa shape index (κ1) is 13.1. The summed E-state index contributed by atoms with van der Waals surface area (Å²) in [5.74, 6) is -0.116. The number of carbonyl (C=O) groups excluding carboxylic acids is 2. The van der Waals surface area contributed by atoms with Gasteiger partial charge in [0.25, 0.3) is 0 Å². The highest BCUT2D eigenvalue weighted by atomic mass is 16.2. The smallest absolute Gasteiger partial charge is 0.246 e. The van der Waals surface area contributed by atoms with Crippen LogP contribution in [0.5, 0.6) is 0 Å². The molecule has 3 N–H and O–H groups in total.